The van der Waals surface area contributed by atoms with Crippen LogP contribution in [-0.4, -0.2) is 28.9 Å². The van der Waals surface area contributed by atoms with Crippen molar-refractivity contribution in [2.45, 2.75) is 40.0 Å². The summed E-state index contributed by atoms with van der Waals surface area (Å²) in [7, 11) is 0. The summed E-state index contributed by atoms with van der Waals surface area (Å²) in [6, 6.07) is 8.32. The van der Waals surface area contributed by atoms with Crippen LogP contribution in [0, 0.1) is 0 Å². The van der Waals surface area contributed by atoms with Crippen LogP contribution in [-0.2, 0) is 5.41 Å². The maximum atomic E-state index is 12.4. The Hall–Kier alpha value is -1.77. The van der Waals surface area contributed by atoms with Gasteiger partial charge in [0.1, 0.15) is 5.69 Å². The van der Waals surface area contributed by atoms with Crippen LogP contribution in [0.25, 0.3) is 10.9 Å². The molecule has 1 N–H and O–H groups in total. The summed E-state index contributed by atoms with van der Waals surface area (Å²) in [5.74, 6) is 0.0727. The Balaban J connectivity index is 2.41. The molecule has 0 fully saturated rings. The largest absolute Gasteiger partial charge is 0.351 e. The number of rotatable bonds is 3. The zero-order chi connectivity index (χ0) is 14.9. The second kappa shape index (κ2) is 5.31. The van der Waals surface area contributed by atoms with E-state index >= 15 is 0 Å². The standard InChI is InChI=1S/C17H24N2O/c1-6-19(7-2)16(20)15-10-12-8-9-13(17(3,4)5)11-14(12)18-15/h8-11,18H,6-7H2,1-5H3. The molecule has 2 rings (SSSR count). The van der Waals surface area contributed by atoms with Crippen molar-refractivity contribution in [1.82, 2.24) is 9.88 Å². The van der Waals surface area contributed by atoms with E-state index in [4.69, 9.17) is 0 Å². The lowest BCUT2D eigenvalue weighted by atomic mass is 9.87. The Bertz CT molecular complexity index is 615. The average molecular weight is 272 g/mol. The molecule has 1 aromatic heterocycles. The summed E-state index contributed by atoms with van der Waals surface area (Å²) < 4.78 is 0. The van der Waals surface area contributed by atoms with Crippen LogP contribution in [0.1, 0.15) is 50.7 Å². The number of amides is 1. The number of nitrogens with zero attached hydrogens (tertiary/aromatic N) is 1. The fourth-order valence-corrected chi connectivity index (χ4v) is 2.39. The summed E-state index contributed by atoms with van der Waals surface area (Å²) in [5, 5.41) is 1.09. The molecule has 1 amide bonds. The van der Waals surface area contributed by atoms with E-state index in [-0.39, 0.29) is 11.3 Å². The molecule has 20 heavy (non-hydrogen) atoms. The zero-order valence-electron chi connectivity index (χ0n) is 13.1. The lowest BCUT2D eigenvalue weighted by Gasteiger charge is -2.18. The molecule has 108 valence electrons. The van der Waals surface area contributed by atoms with Crippen molar-refractivity contribution in [3.63, 3.8) is 0 Å². The highest BCUT2D eigenvalue weighted by Gasteiger charge is 2.17. The number of carbonyl (C=O) groups is 1. The Morgan fingerprint density at radius 3 is 2.35 bits per heavy atom. The molecule has 0 saturated heterocycles. The number of carbonyl (C=O) groups excluding carboxylic acids is 1. The number of H-pyrrole nitrogens is 1. The third-order valence-electron chi connectivity index (χ3n) is 3.77. The molecule has 0 radical (unpaired) electrons. The molecular weight excluding hydrogens is 248 g/mol. The number of fused-ring (bicyclic) bond motifs is 1. The van der Waals surface area contributed by atoms with Crippen LogP contribution in [0.15, 0.2) is 24.3 Å². The molecule has 0 aliphatic rings. The molecule has 3 nitrogen and oxygen atoms in total. The molecule has 0 aliphatic heterocycles. The molecule has 1 heterocycles. The van der Waals surface area contributed by atoms with E-state index in [0.717, 1.165) is 24.0 Å². The fourth-order valence-electron chi connectivity index (χ4n) is 2.39. The van der Waals surface area contributed by atoms with Gasteiger partial charge in [0.05, 0.1) is 0 Å². The molecular formula is C17H24N2O. The predicted octanol–water partition coefficient (Wildman–Crippen LogP) is 3.95. The molecule has 0 aliphatic carbocycles. The highest BCUT2D eigenvalue weighted by atomic mass is 16.2. The lowest BCUT2D eigenvalue weighted by molar-refractivity contribution is 0.0768. The minimum absolute atomic E-state index is 0.0727. The summed E-state index contributed by atoms with van der Waals surface area (Å²) in [6.07, 6.45) is 0. The molecule has 3 heteroatoms. The number of aromatic nitrogens is 1. The van der Waals surface area contributed by atoms with Gasteiger partial charge in [-0.05, 0) is 37.0 Å². The van der Waals surface area contributed by atoms with Crippen molar-refractivity contribution in [2.24, 2.45) is 0 Å². The van der Waals surface area contributed by atoms with E-state index in [0.29, 0.717) is 5.69 Å². The maximum Gasteiger partial charge on any atom is 0.270 e. The molecule has 0 atom stereocenters. The number of hydrogen-bond acceptors (Lipinski definition) is 1. The van der Waals surface area contributed by atoms with Gasteiger partial charge in [0.25, 0.3) is 5.91 Å². The molecule has 0 spiro atoms. The van der Waals surface area contributed by atoms with Gasteiger partial charge in [0.2, 0.25) is 0 Å². The Labute approximate surface area is 121 Å². The molecule has 1 aromatic carbocycles. The van der Waals surface area contributed by atoms with Gasteiger partial charge in [0.15, 0.2) is 0 Å². The van der Waals surface area contributed by atoms with Crippen LogP contribution in [0.3, 0.4) is 0 Å². The summed E-state index contributed by atoms with van der Waals surface area (Å²) in [6.45, 7) is 12.1. The van der Waals surface area contributed by atoms with Crippen molar-refractivity contribution in [1.29, 1.82) is 0 Å². The molecule has 2 aromatic rings. The first kappa shape index (κ1) is 14.6. The van der Waals surface area contributed by atoms with E-state index in [2.05, 4.69) is 44.0 Å². The van der Waals surface area contributed by atoms with E-state index < -0.39 is 0 Å². The average Bonchev–Trinajstić information content (AvgIpc) is 2.81. The lowest BCUT2D eigenvalue weighted by Crippen LogP contribution is -2.30. The number of benzene rings is 1. The highest BCUT2D eigenvalue weighted by Crippen LogP contribution is 2.26. The Kier molecular flexibility index (Phi) is 3.89. The van der Waals surface area contributed by atoms with Crippen molar-refractivity contribution >= 4 is 16.8 Å². The van der Waals surface area contributed by atoms with Gasteiger partial charge in [-0.25, -0.2) is 0 Å². The fraction of sp³-hybridized carbons (Fsp3) is 0.471. The SMILES string of the molecule is CCN(CC)C(=O)c1cc2ccc(C(C)(C)C)cc2[nH]1. The first-order valence-corrected chi connectivity index (χ1v) is 7.29. The van der Waals surface area contributed by atoms with Crippen molar-refractivity contribution in [3.05, 3.63) is 35.5 Å². The van der Waals surface area contributed by atoms with Gasteiger partial charge in [-0.3, -0.25) is 4.79 Å². The minimum atomic E-state index is 0.0727. The second-order valence-corrected chi connectivity index (χ2v) is 6.21. The van der Waals surface area contributed by atoms with Gasteiger partial charge >= 0.3 is 0 Å². The summed E-state index contributed by atoms with van der Waals surface area (Å²) >= 11 is 0. The first-order chi connectivity index (χ1) is 9.36. The number of aromatic amines is 1. The van der Waals surface area contributed by atoms with E-state index in [1.54, 1.807) is 0 Å². The van der Waals surface area contributed by atoms with Crippen molar-refractivity contribution < 1.29 is 4.79 Å². The van der Waals surface area contributed by atoms with Gasteiger partial charge in [-0.1, -0.05) is 32.9 Å². The maximum absolute atomic E-state index is 12.4. The monoisotopic (exact) mass is 272 g/mol. The van der Waals surface area contributed by atoms with Crippen LogP contribution >= 0.6 is 0 Å². The van der Waals surface area contributed by atoms with Crippen LogP contribution < -0.4 is 0 Å². The van der Waals surface area contributed by atoms with E-state index in [1.165, 1.54) is 5.56 Å². The zero-order valence-corrected chi connectivity index (χ0v) is 13.1. The van der Waals surface area contributed by atoms with E-state index in [9.17, 15) is 4.79 Å². The Morgan fingerprint density at radius 2 is 1.80 bits per heavy atom. The third kappa shape index (κ3) is 2.72. The van der Waals surface area contributed by atoms with Gasteiger partial charge in [-0.15, -0.1) is 0 Å². The normalized spacial score (nSPS) is 11.8. The third-order valence-corrected chi connectivity index (χ3v) is 3.77. The molecule has 0 saturated carbocycles. The van der Waals surface area contributed by atoms with E-state index in [1.807, 2.05) is 24.8 Å². The summed E-state index contributed by atoms with van der Waals surface area (Å²) in [4.78, 5) is 17.4. The quantitative estimate of drug-likeness (QED) is 0.902. The van der Waals surface area contributed by atoms with Gasteiger partial charge in [0, 0.05) is 24.0 Å². The van der Waals surface area contributed by atoms with Crippen LogP contribution in [0.5, 0.6) is 0 Å². The topological polar surface area (TPSA) is 36.1 Å². The molecule has 0 bridgehead atoms. The number of nitrogens with one attached hydrogen (secondary N) is 1. The minimum Gasteiger partial charge on any atom is -0.351 e. The van der Waals surface area contributed by atoms with Crippen LogP contribution in [0.2, 0.25) is 0 Å². The summed E-state index contributed by atoms with van der Waals surface area (Å²) in [5.41, 5.74) is 3.10. The van der Waals surface area contributed by atoms with Crippen molar-refractivity contribution in [3.8, 4) is 0 Å². The Morgan fingerprint density at radius 1 is 1.15 bits per heavy atom. The highest BCUT2D eigenvalue weighted by molar-refractivity contribution is 5.98. The van der Waals surface area contributed by atoms with Gasteiger partial charge in [-0.2, -0.15) is 0 Å². The number of hydrogen-bond donors (Lipinski definition) is 1. The van der Waals surface area contributed by atoms with Crippen LogP contribution in [0.4, 0.5) is 0 Å². The first-order valence-electron chi connectivity index (χ1n) is 7.29. The van der Waals surface area contributed by atoms with Crippen molar-refractivity contribution in [2.75, 3.05) is 13.1 Å². The predicted molar refractivity (Wildman–Crippen MR) is 84.3 cm³/mol. The van der Waals surface area contributed by atoms with Gasteiger partial charge < -0.3 is 9.88 Å². The smallest absolute Gasteiger partial charge is 0.270 e. The molecule has 0 unspecified atom stereocenters. The second-order valence-electron chi connectivity index (χ2n) is 6.21.